The van der Waals surface area contributed by atoms with Crippen molar-refractivity contribution in [1.82, 2.24) is 20.8 Å². The van der Waals surface area contributed by atoms with Crippen molar-refractivity contribution in [3.63, 3.8) is 0 Å². The van der Waals surface area contributed by atoms with Gasteiger partial charge >= 0.3 is 6.09 Å². The van der Waals surface area contributed by atoms with Crippen molar-refractivity contribution < 1.29 is 28.2 Å². The predicted octanol–water partition coefficient (Wildman–Crippen LogP) is 7.98. The van der Waals surface area contributed by atoms with E-state index < -0.39 is 23.4 Å². The zero-order valence-electron chi connectivity index (χ0n) is 27.3. The molecule has 0 atom stereocenters. The molecule has 1 heterocycles. The Morgan fingerprint density at radius 3 is 2.50 bits per heavy atom. The van der Waals surface area contributed by atoms with Gasteiger partial charge in [0.2, 0.25) is 11.8 Å². The second-order valence-electron chi connectivity index (χ2n) is 11.5. The van der Waals surface area contributed by atoms with E-state index in [0.717, 1.165) is 10.6 Å². The van der Waals surface area contributed by atoms with Crippen LogP contribution in [0.4, 0.5) is 20.6 Å². The molecule has 3 aromatic carbocycles. The zero-order chi connectivity index (χ0) is 34.8. The number of anilines is 2. The van der Waals surface area contributed by atoms with Crippen LogP contribution in [0.5, 0.6) is 11.5 Å². The summed E-state index contributed by atoms with van der Waals surface area (Å²) < 4.78 is 28.5. The van der Waals surface area contributed by atoms with Crippen LogP contribution in [0.3, 0.4) is 0 Å². The average molecular weight is 714 g/mol. The lowest BCUT2D eigenvalue weighted by atomic mass is 10.1. The summed E-state index contributed by atoms with van der Waals surface area (Å²) in [5.41, 5.74) is 0.685. The highest BCUT2D eigenvalue weighted by atomic mass is 35.5. The highest BCUT2D eigenvalue weighted by Gasteiger charge is 2.27. The fourth-order valence-electron chi connectivity index (χ4n) is 4.41. The highest BCUT2D eigenvalue weighted by molar-refractivity contribution is 8.01. The van der Waals surface area contributed by atoms with Gasteiger partial charge in [0.05, 0.1) is 17.1 Å². The Hall–Kier alpha value is -4.20. The SMILES string of the molecule is CCC(=O)NCCc1cccc(N(C(=O)CSc2nnc(C)s2)c2ccc(Cl)cc2Oc2cccc(CNC(=O)OC(C)(C)C)c2)c1F. The van der Waals surface area contributed by atoms with Crippen molar-refractivity contribution in [2.75, 3.05) is 17.2 Å². The summed E-state index contributed by atoms with van der Waals surface area (Å²) in [7, 11) is 0. The van der Waals surface area contributed by atoms with Crippen LogP contribution in [0.2, 0.25) is 5.02 Å². The molecule has 0 unspecified atom stereocenters. The Morgan fingerprint density at radius 2 is 1.79 bits per heavy atom. The third kappa shape index (κ3) is 10.7. The van der Waals surface area contributed by atoms with E-state index >= 15 is 4.39 Å². The van der Waals surface area contributed by atoms with Gasteiger partial charge in [0.1, 0.15) is 16.4 Å². The molecule has 0 spiro atoms. The number of thioether (sulfide) groups is 1. The minimum Gasteiger partial charge on any atom is -0.455 e. The minimum absolute atomic E-state index is 0.0100. The van der Waals surface area contributed by atoms with E-state index in [-0.39, 0.29) is 48.3 Å². The minimum atomic E-state index is -0.639. The number of halogens is 2. The Balaban J connectivity index is 1.67. The van der Waals surface area contributed by atoms with Crippen molar-refractivity contribution >= 4 is 64.0 Å². The molecule has 0 bridgehead atoms. The van der Waals surface area contributed by atoms with Gasteiger partial charge in [-0.15, -0.1) is 10.2 Å². The second kappa shape index (κ2) is 16.8. The van der Waals surface area contributed by atoms with Crippen LogP contribution in [0.25, 0.3) is 0 Å². The van der Waals surface area contributed by atoms with Gasteiger partial charge in [-0.3, -0.25) is 14.5 Å². The molecule has 4 rings (SSSR count). The molecule has 254 valence electrons. The molecule has 0 radical (unpaired) electrons. The van der Waals surface area contributed by atoms with E-state index in [0.29, 0.717) is 27.1 Å². The van der Waals surface area contributed by atoms with Crippen LogP contribution >= 0.6 is 34.7 Å². The molecule has 3 amide bonds. The number of carbonyl (C=O) groups excluding carboxylic acids is 3. The molecule has 0 aliphatic rings. The van der Waals surface area contributed by atoms with Crippen LogP contribution in [-0.4, -0.2) is 46.0 Å². The van der Waals surface area contributed by atoms with Crippen LogP contribution in [-0.2, 0) is 27.3 Å². The largest absolute Gasteiger partial charge is 0.455 e. The van der Waals surface area contributed by atoms with Crippen LogP contribution in [0, 0.1) is 12.7 Å². The Morgan fingerprint density at radius 1 is 1.02 bits per heavy atom. The van der Waals surface area contributed by atoms with Gasteiger partial charge in [-0.2, -0.15) is 0 Å². The molecule has 14 heteroatoms. The van der Waals surface area contributed by atoms with E-state index in [1.54, 1.807) is 76.2 Å². The van der Waals surface area contributed by atoms with E-state index in [9.17, 15) is 14.4 Å². The number of rotatable bonds is 13. The summed E-state index contributed by atoms with van der Waals surface area (Å²) >= 11 is 8.95. The molecule has 48 heavy (non-hydrogen) atoms. The standard InChI is InChI=1S/C34H37ClFN5O5S2/c1-6-29(42)37-16-15-23-10-8-12-27(31(23)36)41(30(43)20-47-33-40-39-21(2)48-33)26-14-13-24(35)18-28(26)45-25-11-7-9-22(17-25)19-38-32(44)46-34(3,4)5/h7-14,17-18H,6,15-16,19-20H2,1-5H3,(H,37,42)(H,38,44). The quantitative estimate of drug-likeness (QED) is 0.134. The van der Waals surface area contributed by atoms with E-state index in [2.05, 4.69) is 20.8 Å². The number of nitrogens with one attached hydrogen (secondary N) is 2. The second-order valence-corrected chi connectivity index (χ2v) is 14.4. The number of hydrogen-bond acceptors (Lipinski definition) is 9. The molecular formula is C34H37ClFN5O5S2. The summed E-state index contributed by atoms with van der Waals surface area (Å²) in [6, 6.07) is 16.6. The van der Waals surface area contributed by atoms with E-state index in [4.69, 9.17) is 21.1 Å². The maximum Gasteiger partial charge on any atom is 0.407 e. The van der Waals surface area contributed by atoms with Gasteiger partial charge in [-0.1, -0.05) is 65.9 Å². The first-order chi connectivity index (χ1) is 22.8. The lowest BCUT2D eigenvalue weighted by molar-refractivity contribution is -0.120. The number of aryl methyl sites for hydroxylation is 1. The van der Waals surface area contributed by atoms with Gasteiger partial charge in [0.15, 0.2) is 15.9 Å². The normalized spacial score (nSPS) is 11.1. The van der Waals surface area contributed by atoms with Crippen molar-refractivity contribution in [2.45, 2.75) is 63.9 Å². The molecular weight excluding hydrogens is 677 g/mol. The van der Waals surface area contributed by atoms with Gasteiger partial charge in [0.25, 0.3) is 0 Å². The Labute approximate surface area is 292 Å². The average Bonchev–Trinajstić information content (AvgIpc) is 3.45. The number of benzene rings is 3. The number of alkyl carbamates (subject to hydrolysis) is 1. The first kappa shape index (κ1) is 36.6. The van der Waals surface area contributed by atoms with Crippen LogP contribution in [0.15, 0.2) is 65.0 Å². The summed E-state index contributed by atoms with van der Waals surface area (Å²) in [6.45, 7) is 9.32. The predicted molar refractivity (Wildman–Crippen MR) is 187 cm³/mol. The Kier molecular flexibility index (Phi) is 12.8. The molecule has 0 saturated heterocycles. The number of aromatic nitrogens is 2. The molecule has 10 nitrogen and oxygen atoms in total. The smallest absolute Gasteiger partial charge is 0.407 e. The lowest BCUT2D eigenvalue weighted by Gasteiger charge is -2.26. The van der Waals surface area contributed by atoms with Crippen molar-refractivity contribution in [2.24, 2.45) is 0 Å². The molecule has 0 aliphatic carbocycles. The molecule has 0 aliphatic heterocycles. The summed E-state index contributed by atoms with van der Waals surface area (Å²) in [5, 5.41) is 14.7. The van der Waals surface area contributed by atoms with Gasteiger partial charge in [0, 0.05) is 30.6 Å². The first-order valence-electron chi connectivity index (χ1n) is 15.2. The van der Waals surface area contributed by atoms with Crippen LogP contribution < -0.4 is 20.3 Å². The molecule has 2 N–H and O–H groups in total. The third-order valence-electron chi connectivity index (χ3n) is 6.54. The fourth-order valence-corrected chi connectivity index (χ4v) is 6.23. The number of amides is 3. The highest BCUT2D eigenvalue weighted by Crippen LogP contribution is 2.40. The van der Waals surface area contributed by atoms with Crippen molar-refractivity contribution in [3.8, 4) is 11.5 Å². The van der Waals surface area contributed by atoms with Crippen molar-refractivity contribution in [1.29, 1.82) is 0 Å². The number of hydrogen-bond donors (Lipinski definition) is 2. The first-order valence-corrected chi connectivity index (χ1v) is 17.3. The van der Waals surface area contributed by atoms with Crippen LogP contribution in [0.1, 0.15) is 50.3 Å². The maximum atomic E-state index is 16.2. The zero-order valence-corrected chi connectivity index (χ0v) is 29.7. The molecule has 0 fully saturated rings. The van der Waals surface area contributed by atoms with Gasteiger partial charge in [-0.25, -0.2) is 9.18 Å². The topological polar surface area (TPSA) is 123 Å². The van der Waals surface area contributed by atoms with E-state index in [1.807, 2.05) is 13.0 Å². The summed E-state index contributed by atoms with van der Waals surface area (Å²) in [4.78, 5) is 39.2. The fraction of sp³-hybridized carbons (Fsp3) is 0.324. The molecule has 4 aromatic rings. The lowest BCUT2D eigenvalue weighted by Crippen LogP contribution is -2.32. The summed E-state index contributed by atoms with van der Waals surface area (Å²) in [5.74, 6) is -0.660. The van der Waals surface area contributed by atoms with E-state index in [1.165, 1.54) is 34.1 Å². The number of ether oxygens (including phenoxy) is 2. The monoisotopic (exact) mass is 713 g/mol. The van der Waals surface area contributed by atoms with Gasteiger partial charge in [-0.05, 0) is 75.6 Å². The van der Waals surface area contributed by atoms with Gasteiger partial charge < -0.3 is 20.1 Å². The maximum absolute atomic E-state index is 16.2. The van der Waals surface area contributed by atoms with Crippen molar-refractivity contribution in [3.05, 3.63) is 87.6 Å². The number of carbonyl (C=O) groups is 3. The molecule has 0 saturated carbocycles. The third-order valence-corrected chi connectivity index (χ3v) is 8.73. The summed E-state index contributed by atoms with van der Waals surface area (Å²) in [6.07, 6.45) is -0.0157. The Bertz CT molecular complexity index is 1760. The molecule has 1 aromatic heterocycles. The number of nitrogens with zero attached hydrogens (tertiary/aromatic N) is 3.